The molecule has 0 aliphatic carbocycles. The molecule has 0 aliphatic rings. The molecule has 1 rings (SSSR count). The average molecular weight is 215 g/mol. The summed E-state index contributed by atoms with van der Waals surface area (Å²) in [4.78, 5) is 22.1. The summed E-state index contributed by atoms with van der Waals surface area (Å²) < 4.78 is 5.94. The number of aromatic amines is 1. The van der Waals surface area contributed by atoms with Gasteiger partial charge in [-0.25, -0.2) is 5.10 Å². The third-order valence-corrected chi connectivity index (χ3v) is 1.69. The average Bonchev–Trinajstić information content (AvgIpc) is 2.22. The molecule has 1 aromatic heterocycles. The Bertz CT molecular complexity index is 411. The molecule has 1 heterocycles. The number of rotatable bonds is 5. The first-order chi connectivity index (χ1) is 7.15. The summed E-state index contributed by atoms with van der Waals surface area (Å²) in [6.07, 6.45) is 0.799. The molecular formula is C8H13N3O4. The van der Waals surface area contributed by atoms with Crippen molar-refractivity contribution in [1.29, 1.82) is 0 Å². The van der Waals surface area contributed by atoms with Gasteiger partial charge in [0.05, 0.1) is 6.54 Å². The van der Waals surface area contributed by atoms with Crippen LogP contribution < -0.4 is 11.1 Å². The van der Waals surface area contributed by atoms with Gasteiger partial charge < -0.3 is 9.84 Å². The monoisotopic (exact) mass is 215 g/mol. The number of hydrogen-bond acceptors (Lipinski definition) is 5. The van der Waals surface area contributed by atoms with Crippen molar-refractivity contribution in [3.8, 4) is 0 Å². The Morgan fingerprint density at radius 3 is 3.07 bits per heavy atom. The van der Waals surface area contributed by atoms with Crippen LogP contribution in [0.4, 0.5) is 0 Å². The highest BCUT2D eigenvalue weighted by atomic mass is 16.6. The van der Waals surface area contributed by atoms with Crippen molar-refractivity contribution in [3.05, 3.63) is 27.0 Å². The fraction of sp³-hybridized carbons (Fsp3) is 0.625. The molecule has 15 heavy (non-hydrogen) atoms. The lowest BCUT2D eigenvalue weighted by molar-refractivity contribution is -0.108. The Kier molecular flexibility index (Phi) is 4.19. The maximum Gasteiger partial charge on any atom is 0.330 e. The summed E-state index contributed by atoms with van der Waals surface area (Å²) in [6.45, 7) is 2.19. The quantitative estimate of drug-likeness (QED) is 0.469. The van der Waals surface area contributed by atoms with Crippen molar-refractivity contribution in [2.24, 2.45) is 0 Å². The number of ether oxygens (including phenoxy) is 1. The predicted molar refractivity (Wildman–Crippen MR) is 51.4 cm³/mol. The summed E-state index contributed by atoms with van der Waals surface area (Å²) in [5.74, 6) is 0. The number of nitrogens with one attached hydrogen (secondary N) is 1. The fourth-order valence-corrected chi connectivity index (χ4v) is 0.993. The maximum absolute atomic E-state index is 11.2. The van der Waals surface area contributed by atoms with E-state index in [0.717, 1.165) is 17.3 Å². The van der Waals surface area contributed by atoms with E-state index in [1.165, 1.54) is 0 Å². The molecular weight excluding hydrogens is 202 g/mol. The molecule has 2 N–H and O–H groups in total. The third kappa shape index (κ3) is 3.30. The highest BCUT2D eigenvalue weighted by molar-refractivity contribution is 4.74. The van der Waals surface area contributed by atoms with Crippen LogP contribution in [0.15, 0.2) is 15.9 Å². The zero-order valence-electron chi connectivity index (χ0n) is 8.34. The van der Waals surface area contributed by atoms with Gasteiger partial charge in [0, 0.05) is 6.61 Å². The molecule has 0 fully saturated rings. The Morgan fingerprint density at radius 1 is 1.67 bits per heavy atom. The van der Waals surface area contributed by atoms with E-state index in [2.05, 4.69) is 5.10 Å². The van der Waals surface area contributed by atoms with E-state index in [1.54, 1.807) is 0 Å². The highest BCUT2D eigenvalue weighted by Gasteiger charge is 2.07. The lowest BCUT2D eigenvalue weighted by atomic mass is 10.5. The lowest BCUT2D eigenvalue weighted by Gasteiger charge is -2.11. The first-order valence-electron chi connectivity index (χ1n) is 4.59. The molecule has 7 heteroatoms. The Balaban J connectivity index is 2.68. The normalized spacial score (nSPS) is 12.7. The van der Waals surface area contributed by atoms with Gasteiger partial charge in [-0.3, -0.25) is 14.2 Å². The largest absolute Gasteiger partial charge is 0.366 e. The Morgan fingerprint density at radius 2 is 2.40 bits per heavy atom. The zero-order chi connectivity index (χ0) is 11.3. The van der Waals surface area contributed by atoms with Crippen LogP contribution in [0.25, 0.3) is 0 Å². The molecule has 1 unspecified atom stereocenters. The second-order valence-electron chi connectivity index (χ2n) is 2.97. The Labute approximate surface area is 85.3 Å². The number of aromatic nitrogens is 3. The maximum atomic E-state index is 11.2. The van der Waals surface area contributed by atoms with E-state index in [-0.39, 0.29) is 6.54 Å². The van der Waals surface area contributed by atoms with Crippen molar-refractivity contribution >= 4 is 0 Å². The minimum absolute atomic E-state index is 0.101. The minimum atomic E-state index is -1.11. The van der Waals surface area contributed by atoms with Gasteiger partial charge in [-0.15, -0.1) is 0 Å². The Hall–Kier alpha value is -1.47. The first-order valence-corrected chi connectivity index (χ1v) is 4.59. The van der Waals surface area contributed by atoms with Gasteiger partial charge in [0.2, 0.25) is 0 Å². The molecule has 0 saturated heterocycles. The van der Waals surface area contributed by atoms with E-state index >= 15 is 0 Å². The smallest absolute Gasteiger partial charge is 0.330 e. The SMILES string of the molecule is CCCOC(O)Cn1cn[nH]c(=O)c1=O. The van der Waals surface area contributed by atoms with Crippen molar-refractivity contribution in [2.45, 2.75) is 26.2 Å². The van der Waals surface area contributed by atoms with E-state index in [9.17, 15) is 14.7 Å². The molecule has 7 nitrogen and oxygen atoms in total. The summed E-state index contributed by atoms with van der Waals surface area (Å²) in [5, 5.41) is 14.8. The van der Waals surface area contributed by atoms with Crippen LogP contribution >= 0.6 is 0 Å². The van der Waals surface area contributed by atoms with Gasteiger partial charge in [-0.2, -0.15) is 5.10 Å². The van der Waals surface area contributed by atoms with Gasteiger partial charge in [0.15, 0.2) is 6.29 Å². The summed E-state index contributed by atoms with van der Waals surface area (Å²) >= 11 is 0. The summed E-state index contributed by atoms with van der Waals surface area (Å²) in [6, 6.07) is 0. The molecule has 0 saturated carbocycles. The standard InChI is InChI=1S/C8H13N3O4/c1-2-3-15-6(12)4-11-5-9-10-7(13)8(11)14/h5-6,12H,2-4H2,1H3,(H,10,13). The molecule has 0 bridgehead atoms. The van der Waals surface area contributed by atoms with Crippen LogP contribution in [0, 0.1) is 0 Å². The van der Waals surface area contributed by atoms with E-state index in [1.807, 2.05) is 12.0 Å². The van der Waals surface area contributed by atoms with E-state index in [0.29, 0.717) is 6.61 Å². The van der Waals surface area contributed by atoms with Crippen molar-refractivity contribution < 1.29 is 9.84 Å². The van der Waals surface area contributed by atoms with Crippen LogP contribution in [0.1, 0.15) is 13.3 Å². The highest BCUT2D eigenvalue weighted by Crippen LogP contribution is 1.91. The number of H-pyrrole nitrogens is 1. The van der Waals surface area contributed by atoms with E-state index in [4.69, 9.17) is 4.74 Å². The lowest BCUT2D eigenvalue weighted by Crippen LogP contribution is -2.39. The van der Waals surface area contributed by atoms with Gasteiger partial charge in [-0.1, -0.05) is 6.92 Å². The summed E-state index contributed by atoms with van der Waals surface area (Å²) in [5.41, 5.74) is -1.58. The molecule has 1 aromatic rings. The van der Waals surface area contributed by atoms with Crippen molar-refractivity contribution in [3.63, 3.8) is 0 Å². The predicted octanol–water partition coefficient (Wildman–Crippen LogP) is -1.32. The number of aliphatic hydroxyl groups is 1. The summed E-state index contributed by atoms with van der Waals surface area (Å²) in [7, 11) is 0. The van der Waals surface area contributed by atoms with Crippen LogP contribution in [0.5, 0.6) is 0 Å². The molecule has 84 valence electrons. The number of hydrogen-bond donors (Lipinski definition) is 2. The number of aliphatic hydroxyl groups excluding tert-OH is 1. The van der Waals surface area contributed by atoms with Gasteiger partial charge in [-0.05, 0) is 6.42 Å². The van der Waals surface area contributed by atoms with Gasteiger partial charge >= 0.3 is 11.1 Å². The molecule has 1 atom stereocenters. The molecule has 0 aromatic carbocycles. The second-order valence-corrected chi connectivity index (χ2v) is 2.97. The van der Waals surface area contributed by atoms with Gasteiger partial charge in [0.25, 0.3) is 0 Å². The van der Waals surface area contributed by atoms with Crippen LogP contribution in [-0.2, 0) is 11.3 Å². The molecule has 0 aliphatic heterocycles. The van der Waals surface area contributed by atoms with E-state index < -0.39 is 17.4 Å². The van der Waals surface area contributed by atoms with Crippen molar-refractivity contribution in [2.75, 3.05) is 6.61 Å². The van der Waals surface area contributed by atoms with Crippen LogP contribution in [0.3, 0.4) is 0 Å². The molecule has 0 amide bonds. The van der Waals surface area contributed by atoms with Gasteiger partial charge in [0.1, 0.15) is 6.33 Å². The second kappa shape index (κ2) is 5.42. The number of nitrogens with zero attached hydrogens (tertiary/aromatic N) is 2. The fourth-order valence-electron chi connectivity index (χ4n) is 0.993. The van der Waals surface area contributed by atoms with Crippen LogP contribution in [-0.4, -0.2) is 32.8 Å². The molecule has 0 radical (unpaired) electrons. The minimum Gasteiger partial charge on any atom is -0.366 e. The zero-order valence-corrected chi connectivity index (χ0v) is 8.34. The van der Waals surface area contributed by atoms with Crippen LogP contribution in [0.2, 0.25) is 0 Å². The third-order valence-electron chi connectivity index (χ3n) is 1.69. The molecule has 0 spiro atoms. The van der Waals surface area contributed by atoms with Crippen molar-refractivity contribution in [1.82, 2.24) is 14.8 Å². The topological polar surface area (TPSA) is 97.2 Å². The first kappa shape index (κ1) is 11.6.